The van der Waals surface area contributed by atoms with Crippen LogP contribution in [0.3, 0.4) is 0 Å². The molecule has 3 heteroatoms. The molecule has 106 valence electrons. The van der Waals surface area contributed by atoms with Crippen molar-refractivity contribution in [2.75, 3.05) is 18.0 Å². The van der Waals surface area contributed by atoms with E-state index in [-0.39, 0.29) is 6.04 Å². The van der Waals surface area contributed by atoms with Crippen molar-refractivity contribution >= 4 is 16.7 Å². The zero-order valence-electron chi connectivity index (χ0n) is 12.4. The maximum atomic E-state index is 6.04. The quantitative estimate of drug-likeness (QED) is 0.909. The average Bonchev–Trinajstić information content (AvgIpc) is 2.77. The van der Waals surface area contributed by atoms with E-state index in [1.54, 1.807) is 5.56 Å². The predicted octanol–water partition coefficient (Wildman–Crippen LogP) is 2.77. The summed E-state index contributed by atoms with van der Waals surface area (Å²) < 4.78 is 2.42. The van der Waals surface area contributed by atoms with Gasteiger partial charge in [0.2, 0.25) is 0 Å². The number of para-hydroxylation sites is 1. The Morgan fingerprint density at radius 1 is 1.30 bits per heavy atom. The molecular weight excluding hydrogens is 246 g/mol. The minimum atomic E-state index is 0.213. The van der Waals surface area contributed by atoms with E-state index in [0.717, 1.165) is 12.3 Å². The van der Waals surface area contributed by atoms with Gasteiger partial charge in [0.15, 0.2) is 0 Å². The Kier molecular flexibility index (Phi) is 2.61. The van der Waals surface area contributed by atoms with E-state index < -0.39 is 0 Å². The Balaban J connectivity index is 2.00. The first-order chi connectivity index (χ1) is 9.66. The number of rotatable bonds is 2. The van der Waals surface area contributed by atoms with Gasteiger partial charge < -0.3 is 15.2 Å². The van der Waals surface area contributed by atoms with E-state index >= 15 is 0 Å². The molecule has 1 fully saturated rings. The summed E-state index contributed by atoms with van der Waals surface area (Å²) in [6.07, 6.45) is 3.60. The molecule has 0 saturated carbocycles. The Morgan fingerprint density at radius 2 is 2.05 bits per heavy atom. The highest BCUT2D eigenvalue weighted by molar-refractivity contribution is 5.94. The summed E-state index contributed by atoms with van der Waals surface area (Å²) in [6, 6.07) is 6.97. The first kappa shape index (κ1) is 12.3. The summed E-state index contributed by atoms with van der Waals surface area (Å²) in [5, 5.41) is 1.47. The van der Waals surface area contributed by atoms with Gasteiger partial charge in [-0.3, -0.25) is 0 Å². The molecule has 3 aliphatic heterocycles. The van der Waals surface area contributed by atoms with Crippen molar-refractivity contribution in [3.05, 3.63) is 29.3 Å². The van der Waals surface area contributed by atoms with Crippen LogP contribution in [0.2, 0.25) is 0 Å². The van der Waals surface area contributed by atoms with Crippen LogP contribution in [0.15, 0.2) is 18.2 Å². The summed E-state index contributed by atoms with van der Waals surface area (Å²) in [6.45, 7) is 4.55. The largest absolute Gasteiger partial charge is 0.358 e. The van der Waals surface area contributed by atoms with E-state index in [9.17, 15) is 0 Å². The number of anilines is 1. The second-order valence-electron chi connectivity index (χ2n) is 6.55. The van der Waals surface area contributed by atoms with Gasteiger partial charge >= 0.3 is 0 Å². The molecule has 2 aromatic rings. The number of nitrogens with zero attached hydrogens (tertiary/aromatic N) is 2. The second kappa shape index (κ2) is 4.26. The zero-order valence-corrected chi connectivity index (χ0v) is 12.4. The molecule has 3 aliphatic rings. The maximum absolute atomic E-state index is 6.04. The maximum Gasteiger partial charge on any atom is 0.112 e. The lowest BCUT2D eigenvalue weighted by Gasteiger charge is -2.41. The normalized spacial score (nSPS) is 19.6. The van der Waals surface area contributed by atoms with E-state index in [4.69, 9.17) is 5.73 Å². The SMILES string of the molecule is CC(N)Cc1cccc2c3c(n(C)c12)N1CCC3CC1. The first-order valence-corrected chi connectivity index (χ1v) is 7.77. The molecule has 20 heavy (non-hydrogen) atoms. The van der Waals surface area contributed by atoms with Crippen LogP contribution in [0.25, 0.3) is 10.9 Å². The number of benzene rings is 1. The third kappa shape index (κ3) is 1.56. The van der Waals surface area contributed by atoms with Gasteiger partial charge in [-0.05, 0) is 37.7 Å². The highest BCUT2D eigenvalue weighted by atomic mass is 15.3. The molecular formula is C17H23N3. The Morgan fingerprint density at radius 3 is 2.75 bits per heavy atom. The topological polar surface area (TPSA) is 34.2 Å². The van der Waals surface area contributed by atoms with Crippen LogP contribution >= 0.6 is 0 Å². The van der Waals surface area contributed by atoms with Crippen molar-refractivity contribution in [3.8, 4) is 0 Å². The zero-order chi connectivity index (χ0) is 13.9. The van der Waals surface area contributed by atoms with Crippen LogP contribution < -0.4 is 10.6 Å². The number of fused-ring (bicyclic) bond motifs is 3. The van der Waals surface area contributed by atoms with Crippen LogP contribution in [0.1, 0.15) is 36.8 Å². The van der Waals surface area contributed by atoms with Crippen LogP contribution in [-0.2, 0) is 13.5 Å². The number of nitrogens with two attached hydrogens (primary N) is 1. The van der Waals surface area contributed by atoms with Crippen molar-refractivity contribution in [1.82, 2.24) is 4.57 Å². The van der Waals surface area contributed by atoms with Crippen molar-refractivity contribution in [2.24, 2.45) is 12.8 Å². The molecule has 0 radical (unpaired) electrons. The van der Waals surface area contributed by atoms with Gasteiger partial charge in [0.25, 0.3) is 0 Å². The van der Waals surface area contributed by atoms with Crippen molar-refractivity contribution in [1.29, 1.82) is 0 Å². The Labute approximate surface area is 120 Å². The number of piperidine rings is 1. The highest BCUT2D eigenvalue weighted by Gasteiger charge is 2.35. The highest BCUT2D eigenvalue weighted by Crippen LogP contribution is 2.47. The molecule has 1 aromatic heterocycles. The van der Waals surface area contributed by atoms with Gasteiger partial charge in [0.05, 0.1) is 5.52 Å². The van der Waals surface area contributed by atoms with Gasteiger partial charge in [-0.1, -0.05) is 18.2 Å². The first-order valence-electron chi connectivity index (χ1n) is 7.77. The van der Waals surface area contributed by atoms with Gasteiger partial charge in [0.1, 0.15) is 5.82 Å². The number of aryl methyl sites for hydroxylation is 1. The molecule has 3 nitrogen and oxygen atoms in total. The van der Waals surface area contributed by atoms with Crippen LogP contribution in [0.4, 0.5) is 5.82 Å². The molecule has 1 unspecified atom stereocenters. The molecule has 2 bridgehead atoms. The molecule has 1 aromatic carbocycles. The smallest absolute Gasteiger partial charge is 0.112 e. The predicted molar refractivity (Wildman–Crippen MR) is 84.5 cm³/mol. The number of hydrogen-bond acceptors (Lipinski definition) is 2. The lowest BCUT2D eigenvalue weighted by molar-refractivity contribution is 0.469. The average molecular weight is 269 g/mol. The lowest BCUT2D eigenvalue weighted by Crippen LogP contribution is -2.39. The molecule has 0 spiro atoms. The van der Waals surface area contributed by atoms with Gasteiger partial charge in [-0.2, -0.15) is 0 Å². The molecule has 5 rings (SSSR count). The Bertz CT molecular complexity index is 660. The summed E-state index contributed by atoms with van der Waals surface area (Å²) in [5.41, 5.74) is 10.4. The summed E-state index contributed by atoms with van der Waals surface area (Å²) in [7, 11) is 2.23. The van der Waals surface area contributed by atoms with Crippen LogP contribution in [0, 0.1) is 0 Å². The van der Waals surface area contributed by atoms with Gasteiger partial charge in [0, 0.05) is 37.1 Å². The summed E-state index contributed by atoms with van der Waals surface area (Å²) >= 11 is 0. The lowest BCUT2D eigenvalue weighted by atomic mass is 9.84. The van der Waals surface area contributed by atoms with Crippen molar-refractivity contribution < 1.29 is 0 Å². The summed E-state index contributed by atoms with van der Waals surface area (Å²) in [5.74, 6) is 2.24. The van der Waals surface area contributed by atoms with E-state index in [0.29, 0.717) is 0 Å². The molecule has 0 amide bonds. The molecule has 1 saturated heterocycles. The van der Waals surface area contributed by atoms with E-state index in [2.05, 4.69) is 41.6 Å². The van der Waals surface area contributed by atoms with E-state index in [1.165, 1.54) is 48.2 Å². The fourth-order valence-corrected chi connectivity index (χ4v) is 4.29. The molecule has 4 heterocycles. The van der Waals surface area contributed by atoms with Crippen LogP contribution in [0.5, 0.6) is 0 Å². The fourth-order valence-electron chi connectivity index (χ4n) is 4.29. The number of aromatic nitrogens is 1. The standard InChI is InChI=1S/C17H23N3/c1-11(18)10-13-4-3-5-14-15-12-6-8-20(9-7-12)17(15)19(2)16(13)14/h3-5,11-12H,6-10,18H2,1-2H3. The minimum Gasteiger partial charge on any atom is -0.358 e. The van der Waals surface area contributed by atoms with Crippen LogP contribution in [-0.4, -0.2) is 23.7 Å². The molecule has 1 atom stereocenters. The Hall–Kier alpha value is -1.48. The van der Waals surface area contributed by atoms with Crippen molar-refractivity contribution in [2.45, 2.75) is 38.1 Å². The third-order valence-corrected chi connectivity index (χ3v) is 5.05. The molecule has 2 N–H and O–H groups in total. The van der Waals surface area contributed by atoms with Gasteiger partial charge in [-0.15, -0.1) is 0 Å². The fraction of sp³-hybridized carbons (Fsp3) is 0.529. The van der Waals surface area contributed by atoms with Gasteiger partial charge in [-0.25, -0.2) is 0 Å². The summed E-state index contributed by atoms with van der Waals surface area (Å²) in [4.78, 5) is 2.57. The molecule has 0 aliphatic carbocycles. The minimum absolute atomic E-state index is 0.213. The number of hydrogen-bond donors (Lipinski definition) is 1. The monoisotopic (exact) mass is 269 g/mol. The second-order valence-corrected chi connectivity index (χ2v) is 6.55. The third-order valence-electron chi connectivity index (χ3n) is 5.05. The van der Waals surface area contributed by atoms with Crippen molar-refractivity contribution in [3.63, 3.8) is 0 Å². The van der Waals surface area contributed by atoms with E-state index in [1.807, 2.05) is 0 Å².